The molecule has 0 N–H and O–H groups in total. The van der Waals surface area contributed by atoms with Crippen molar-refractivity contribution < 1.29 is 4.79 Å². The number of aryl methyl sites for hydroxylation is 1. The second kappa shape index (κ2) is 8.45. The van der Waals surface area contributed by atoms with Gasteiger partial charge in [-0.2, -0.15) is 0 Å². The molecule has 1 aromatic heterocycles. The molecule has 2 aromatic rings. The highest BCUT2D eigenvalue weighted by atomic mass is 32.1. The maximum absolute atomic E-state index is 12.6. The Morgan fingerprint density at radius 3 is 2.54 bits per heavy atom. The van der Waals surface area contributed by atoms with Crippen LogP contribution in [0.2, 0.25) is 0 Å². The molecule has 0 unspecified atom stereocenters. The van der Waals surface area contributed by atoms with Gasteiger partial charge in [0.25, 0.3) is 5.91 Å². The molecule has 2 heterocycles. The number of thiophene rings is 1. The van der Waals surface area contributed by atoms with Crippen LogP contribution < -0.4 is 0 Å². The zero-order chi connectivity index (χ0) is 16.8. The lowest BCUT2D eigenvalue weighted by molar-refractivity contribution is 0.0639. The Balaban J connectivity index is 1.46. The van der Waals surface area contributed by atoms with Gasteiger partial charge in [-0.1, -0.05) is 43.7 Å². The highest BCUT2D eigenvalue weighted by Crippen LogP contribution is 2.19. The number of benzene rings is 1. The van der Waals surface area contributed by atoms with E-state index in [9.17, 15) is 4.79 Å². The molecule has 3 rings (SSSR count). The third kappa shape index (κ3) is 4.46. The summed E-state index contributed by atoms with van der Waals surface area (Å²) in [4.78, 5) is 18.4. The van der Waals surface area contributed by atoms with Crippen molar-refractivity contribution in [3.05, 3.63) is 57.8 Å². The number of hydrogen-bond donors (Lipinski definition) is 0. The van der Waals surface area contributed by atoms with Gasteiger partial charge in [-0.15, -0.1) is 11.3 Å². The van der Waals surface area contributed by atoms with Crippen LogP contribution in [0.15, 0.2) is 41.8 Å². The fourth-order valence-electron chi connectivity index (χ4n) is 3.16. The van der Waals surface area contributed by atoms with Crippen LogP contribution in [0.4, 0.5) is 0 Å². The summed E-state index contributed by atoms with van der Waals surface area (Å²) in [5.74, 6) is 0.205. The van der Waals surface area contributed by atoms with Crippen molar-refractivity contribution >= 4 is 17.2 Å². The molecule has 1 aliphatic heterocycles. The number of hydrogen-bond acceptors (Lipinski definition) is 3. The van der Waals surface area contributed by atoms with Crippen LogP contribution in [0.1, 0.15) is 34.1 Å². The Morgan fingerprint density at radius 1 is 1.08 bits per heavy atom. The van der Waals surface area contributed by atoms with E-state index in [1.54, 1.807) is 11.3 Å². The zero-order valence-corrected chi connectivity index (χ0v) is 15.2. The summed E-state index contributed by atoms with van der Waals surface area (Å²) in [5.41, 5.74) is 2.26. The number of carbonyl (C=O) groups excluding carboxylic acids is 1. The summed E-state index contributed by atoms with van der Waals surface area (Å²) < 4.78 is 0. The second-order valence-corrected chi connectivity index (χ2v) is 7.42. The first-order chi connectivity index (χ1) is 11.8. The molecule has 1 aliphatic rings. The predicted molar refractivity (Wildman–Crippen MR) is 101 cm³/mol. The Bertz CT molecular complexity index is 645. The van der Waals surface area contributed by atoms with Gasteiger partial charge < -0.3 is 4.90 Å². The lowest BCUT2D eigenvalue weighted by Gasteiger charge is -2.34. The van der Waals surface area contributed by atoms with E-state index < -0.39 is 0 Å². The van der Waals surface area contributed by atoms with E-state index in [0.717, 1.165) is 57.5 Å². The van der Waals surface area contributed by atoms with E-state index in [2.05, 4.69) is 48.2 Å². The topological polar surface area (TPSA) is 23.6 Å². The second-order valence-electron chi connectivity index (χ2n) is 6.42. The molecule has 0 aliphatic carbocycles. The summed E-state index contributed by atoms with van der Waals surface area (Å²) >= 11 is 1.71. The SMILES string of the molecule is CCCc1cc(C(=O)N2CCN(CCc3ccccc3)CC2)cs1. The van der Waals surface area contributed by atoms with Crippen molar-refractivity contribution in [2.45, 2.75) is 26.2 Å². The minimum absolute atomic E-state index is 0.205. The third-order valence-corrected chi connectivity index (χ3v) is 5.61. The van der Waals surface area contributed by atoms with E-state index in [0.29, 0.717) is 0 Å². The third-order valence-electron chi connectivity index (χ3n) is 4.62. The van der Waals surface area contributed by atoms with Crippen LogP contribution in [0.25, 0.3) is 0 Å². The maximum Gasteiger partial charge on any atom is 0.254 e. The molecular weight excluding hydrogens is 316 g/mol. The van der Waals surface area contributed by atoms with E-state index in [-0.39, 0.29) is 5.91 Å². The molecule has 0 spiro atoms. The highest BCUT2D eigenvalue weighted by molar-refractivity contribution is 7.10. The van der Waals surface area contributed by atoms with Crippen molar-refractivity contribution in [3.8, 4) is 0 Å². The van der Waals surface area contributed by atoms with Crippen LogP contribution in [0.3, 0.4) is 0 Å². The van der Waals surface area contributed by atoms with E-state index in [4.69, 9.17) is 0 Å². The summed E-state index contributed by atoms with van der Waals surface area (Å²) in [7, 11) is 0. The summed E-state index contributed by atoms with van der Waals surface area (Å²) in [6.45, 7) is 6.88. The highest BCUT2D eigenvalue weighted by Gasteiger charge is 2.22. The number of amides is 1. The number of rotatable bonds is 6. The van der Waals surface area contributed by atoms with Crippen LogP contribution in [0, 0.1) is 0 Å². The fourth-order valence-corrected chi connectivity index (χ4v) is 4.12. The molecule has 1 aromatic carbocycles. The van der Waals surface area contributed by atoms with E-state index in [1.807, 2.05) is 10.3 Å². The predicted octanol–water partition coefficient (Wildman–Crippen LogP) is 3.70. The Hall–Kier alpha value is -1.65. The molecular formula is C20H26N2OS. The van der Waals surface area contributed by atoms with Crippen LogP contribution in [-0.2, 0) is 12.8 Å². The van der Waals surface area contributed by atoms with Gasteiger partial charge in [0.05, 0.1) is 5.56 Å². The van der Waals surface area contributed by atoms with Gasteiger partial charge in [0.15, 0.2) is 0 Å². The first-order valence-electron chi connectivity index (χ1n) is 8.89. The van der Waals surface area contributed by atoms with Gasteiger partial charge in [-0.25, -0.2) is 0 Å². The molecule has 128 valence electrons. The van der Waals surface area contributed by atoms with Gasteiger partial charge in [0.1, 0.15) is 0 Å². The van der Waals surface area contributed by atoms with Crippen LogP contribution in [0.5, 0.6) is 0 Å². The maximum atomic E-state index is 12.6. The van der Waals surface area contributed by atoms with Gasteiger partial charge in [-0.05, 0) is 24.5 Å². The number of piperazine rings is 1. The monoisotopic (exact) mass is 342 g/mol. The molecule has 0 atom stereocenters. The molecule has 4 heteroatoms. The van der Waals surface area contributed by atoms with Gasteiger partial charge in [-0.3, -0.25) is 9.69 Å². The normalized spacial score (nSPS) is 15.6. The molecule has 1 amide bonds. The minimum atomic E-state index is 0.205. The average Bonchev–Trinajstić information content (AvgIpc) is 3.10. The average molecular weight is 343 g/mol. The lowest BCUT2D eigenvalue weighted by atomic mass is 10.1. The number of nitrogens with zero attached hydrogens (tertiary/aromatic N) is 2. The van der Waals surface area contributed by atoms with Crippen molar-refractivity contribution in [1.29, 1.82) is 0 Å². The van der Waals surface area contributed by atoms with E-state index in [1.165, 1.54) is 10.4 Å². The fraction of sp³-hybridized carbons (Fsp3) is 0.450. The molecule has 0 radical (unpaired) electrons. The van der Waals surface area contributed by atoms with Crippen LogP contribution in [-0.4, -0.2) is 48.4 Å². The lowest BCUT2D eigenvalue weighted by Crippen LogP contribution is -2.49. The minimum Gasteiger partial charge on any atom is -0.336 e. The van der Waals surface area contributed by atoms with Gasteiger partial charge >= 0.3 is 0 Å². The summed E-state index contributed by atoms with van der Waals surface area (Å²) in [5, 5.41) is 2.02. The molecule has 3 nitrogen and oxygen atoms in total. The van der Waals surface area contributed by atoms with Crippen molar-refractivity contribution in [1.82, 2.24) is 9.80 Å². The first kappa shape index (κ1) is 17.2. The largest absolute Gasteiger partial charge is 0.336 e. The summed E-state index contributed by atoms with van der Waals surface area (Å²) in [6, 6.07) is 12.7. The van der Waals surface area contributed by atoms with Gasteiger partial charge in [0.2, 0.25) is 0 Å². The Labute approximate surface area is 148 Å². The first-order valence-corrected chi connectivity index (χ1v) is 9.77. The molecule has 1 saturated heterocycles. The standard InChI is InChI=1S/C20H26N2OS/c1-2-6-19-15-18(16-24-19)20(23)22-13-11-21(12-14-22)10-9-17-7-4-3-5-8-17/h3-5,7-8,15-16H,2,6,9-14H2,1H3. The van der Waals surface area contributed by atoms with E-state index >= 15 is 0 Å². The van der Waals surface area contributed by atoms with Crippen LogP contribution >= 0.6 is 11.3 Å². The number of carbonyl (C=O) groups is 1. The Kier molecular flexibility index (Phi) is 6.05. The molecule has 0 bridgehead atoms. The Morgan fingerprint density at radius 2 is 1.83 bits per heavy atom. The van der Waals surface area contributed by atoms with Crippen molar-refractivity contribution in [3.63, 3.8) is 0 Å². The zero-order valence-electron chi connectivity index (χ0n) is 14.4. The van der Waals surface area contributed by atoms with Crippen molar-refractivity contribution in [2.75, 3.05) is 32.7 Å². The molecule has 0 saturated carbocycles. The van der Waals surface area contributed by atoms with Gasteiger partial charge in [0, 0.05) is 43.0 Å². The van der Waals surface area contributed by atoms with Crippen molar-refractivity contribution in [2.24, 2.45) is 0 Å². The summed E-state index contributed by atoms with van der Waals surface area (Å²) in [6.07, 6.45) is 3.29. The quantitative estimate of drug-likeness (QED) is 0.799. The smallest absolute Gasteiger partial charge is 0.254 e. The molecule has 1 fully saturated rings. The molecule has 24 heavy (non-hydrogen) atoms.